The number of carbonyl (C=O) groups excluding carboxylic acids is 1. The number of aliphatic hydroxyl groups excluding tert-OH is 1. The molecule has 5 rings (SSSR count). The first kappa shape index (κ1) is 23.2. The number of nitrogens with one attached hydrogen (secondary N) is 1. The molecule has 1 amide bonds. The summed E-state index contributed by atoms with van der Waals surface area (Å²) in [7, 11) is 0. The number of aryl methyl sites for hydroxylation is 1. The molecule has 4 nitrogen and oxygen atoms in total. The van der Waals surface area contributed by atoms with Crippen molar-refractivity contribution in [2.24, 2.45) is 22.7 Å². The molecule has 2 N–H and O–H groups in total. The molecule has 4 atom stereocenters. The summed E-state index contributed by atoms with van der Waals surface area (Å²) in [6.07, 6.45) is 10.8. The molecule has 0 unspecified atom stereocenters. The molecular formula is C29H35FN2O2. The zero-order valence-electron chi connectivity index (χ0n) is 20.4. The van der Waals surface area contributed by atoms with E-state index in [9.17, 15) is 14.3 Å². The van der Waals surface area contributed by atoms with E-state index in [-0.39, 0.29) is 29.2 Å². The first-order valence-electron chi connectivity index (χ1n) is 12.6. The van der Waals surface area contributed by atoms with Crippen LogP contribution in [0.1, 0.15) is 79.4 Å². The number of carbonyl (C=O) groups is 1. The molecule has 1 aromatic carbocycles. The van der Waals surface area contributed by atoms with Gasteiger partial charge in [0.2, 0.25) is 0 Å². The van der Waals surface area contributed by atoms with Crippen LogP contribution in [0.4, 0.5) is 4.39 Å². The number of allylic oxidation sites excluding steroid dienone is 2. The number of nitrogens with zero attached hydrogens (tertiary/aromatic N) is 1. The van der Waals surface area contributed by atoms with Crippen LogP contribution < -0.4 is 5.32 Å². The molecular weight excluding hydrogens is 427 g/mol. The summed E-state index contributed by atoms with van der Waals surface area (Å²) >= 11 is 0. The van der Waals surface area contributed by atoms with E-state index < -0.39 is 0 Å². The molecule has 0 spiro atoms. The summed E-state index contributed by atoms with van der Waals surface area (Å²) in [6.45, 7) is 6.72. The van der Waals surface area contributed by atoms with E-state index in [4.69, 9.17) is 0 Å². The maximum absolute atomic E-state index is 13.9. The fourth-order valence-corrected chi connectivity index (χ4v) is 6.78. The fourth-order valence-electron chi connectivity index (χ4n) is 6.78. The third-order valence-electron chi connectivity index (χ3n) is 8.74. The van der Waals surface area contributed by atoms with Crippen LogP contribution in [0.5, 0.6) is 0 Å². The molecule has 3 aliphatic rings. The van der Waals surface area contributed by atoms with Crippen LogP contribution in [0, 0.1) is 28.5 Å². The van der Waals surface area contributed by atoms with E-state index in [0.717, 1.165) is 37.7 Å². The number of hydrogen-bond acceptors (Lipinski definition) is 3. The van der Waals surface area contributed by atoms with E-state index in [0.29, 0.717) is 29.9 Å². The van der Waals surface area contributed by atoms with Gasteiger partial charge < -0.3 is 10.4 Å². The molecule has 34 heavy (non-hydrogen) atoms. The van der Waals surface area contributed by atoms with Crippen molar-refractivity contribution >= 4 is 11.5 Å². The minimum Gasteiger partial charge on any atom is -0.396 e. The lowest BCUT2D eigenvalue weighted by Gasteiger charge is -2.50. The lowest BCUT2D eigenvalue weighted by molar-refractivity contribution is 0.0882. The quantitative estimate of drug-likeness (QED) is 0.615. The number of amides is 1. The Kier molecular flexibility index (Phi) is 5.87. The highest BCUT2D eigenvalue weighted by atomic mass is 19.1. The van der Waals surface area contributed by atoms with Gasteiger partial charge in [-0.05, 0) is 95.7 Å². The largest absolute Gasteiger partial charge is 0.396 e. The zero-order chi connectivity index (χ0) is 24.1. The third kappa shape index (κ3) is 3.98. The smallest absolute Gasteiger partial charge is 0.251 e. The molecule has 5 heteroatoms. The highest BCUT2D eigenvalue weighted by Gasteiger charge is 2.52. The first-order valence-corrected chi connectivity index (χ1v) is 12.6. The zero-order valence-corrected chi connectivity index (χ0v) is 20.4. The molecule has 0 aliphatic heterocycles. The van der Waals surface area contributed by atoms with Gasteiger partial charge in [0, 0.05) is 30.3 Å². The second-order valence-corrected chi connectivity index (χ2v) is 11.5. The van der Waals surface area contributed by atoms with Crippen molar-refractivity contribution in [3.8, 4) is 0 Å². The molecule has 1 heterocycles. The summed E-state index contributed by atoms with van der Waals surface area (Å²) in [5.41, 5.74) is 5.35. The van der Waals surface area contributed by atoms with Crippen molar-refractivity contribution in [2.75, 3.05) is 13.2 Å². The van der Waals surface area contributed by atoms with Gasteiger partial charge in [-0.25, -0.2) is 4.39 Å². The number of fused-ring (bicyclic) bond motifs is 5. The summed E-state index contributed by atoms with van der Waals surface area (Å²) < 4.78 is 13.9. The maximum Gasteiger partial charge on any atom is 0.251 e. The molecule has 1 saturated carbocycles. The van der Waals surface area contributed by atoms with E-state index in [1.54, 1.807) is 12.3 Å². The molecule has 180 valence electrons. The van der Waals surface area contributed by atoms with E-state index >= 15 is 0 Å². The van der Waals surface area contributed by atoms with Crippen molar-refractivity contribution < 1.29 is 14.3 Å². The van der Waals surface area contributed by atoms with Gasteiger partial charge in [-0.2, -0.15) is 0 Å². The number of pyridine rings is 1. The monoisotopic (exact) mass is 462 g/mol. The highest BCUT2D eigenvalue weighted by molar-refractivity contribution is 5.94. The van der Waals surface area contributed by atoms with Gasteiger partial charge in [-0.15, -0.1) is 0 Å². The first-order chi connectivity index (χ1) is 16.2. The SMILES string of the molecule is CC(C)(CO)CNC(=O)c1ccc2c(c1)CC[C@@H]1[C@@H]2CC[C@]2(C)C(c3cncc(F)c3)=CC[C@@H]12. The summed E-state index contributed by atoms with van der Waals surface area (Å²) in [6, 6.07) is 7.86. The number of aliphatic hydroxyl groups is 1. The molecule has 3 aliphatic carbocycles. The Bertz CT molecular complexity index is 1140. The Hall–Kier alpha value is -2.53. The summed E-state index contributed by atoms with van der Waals surface area (Å²) in [5, 5.41) is 12.4. The Morgan fingerprint density at radius 1 is 1.26 bits per heavy atom. The Morgan fingerprint density at radius 2 is 2.09 bits per heavy atom. The van der Waals surface area contributed by atoms with Gasteiger partial charge in [0.05, 0.1) is 6.20 Å². The molecule has 0 radical (unpaired) electrons. The number of halogens is 1. The number of rotatable bonds is 5. The van der Waals surface area contributed by atoms with Crippen LogP contribution in [0.15, 0.2) is 42.7 Å². The van der Waals surface area contributed by atoms with Crippen molar-refractivity contribution in [1.82, 2.24) is 10.3 Å². The van der Waals surface area contributed by atoms with Crippen molar-refractivity contribution in [3.05, 3.63) is 70.8 Å². The lowest BCUT2D eigenvalue weighted by Crippen LogP contribution is -2.41. The molecule has 1 aromatic heterocycles. The van der Waals surface area contributed by atoms with Crippen LogP contribution in [0.3, 0.4) is 0 Å². The van der Waals surface area contributed by atoms with Crippen molar-refractivity contribution in [1.29, 1.82) is 0 Å². The standard InChI is InChI=1S/C29H35FN2O2/c1-28(2,17-33)16-32-27(34)19-5-6-22-18(12-19)4-7-24-23(22)10-11-29(3)25(8-9-26(24)29)20-13-21(30)15-31-14-20/h5-6,8,12-15,23-24,26,33H,4,7,9-11,16-17H2,1-3H3,(H,32,34)/t23-,24-,26+,29-/m1/s1. The molecule has 0 bridgehead atoms. The van der Waals surface area contributed by atoms with Gasteiger partial charge >= 0.3 is 0 Å². The number of hydrogen-bond donors (Lipinski definition) is 2. The predicted octanol–water partition coefficient (Wildman–Crippen LogP) is 5.52. The second kappa shape index (κ2) is 8.60. The van der Waals surface area contributed by atoms with Gasteiger partial charge in [-0.1, -0.05) is 32.9 Å². The minimum absolute atomic E-state index is 0.0346. The lowest BCUT2D eigenvalue weighted by atomic mass is 9.54. The van der Waals surface area contributed by atoms with E-state index in [1.165, 1.54) is 22.9 Å². The third-order valence-corrected chi connectivity index (χ3v) is 8.74. The fraction of sp³-hybridized carbons (Fsp3) is 0.517. The summed E-state index contributed by atoms with van der Waals surface area (Å²) in [5.74, 6) is 1.33. The topological polar surface area (TPSA) is 62.2 Å². The highest BCUT2D eigenvalue weighted by Crippen LogP contribution is 2.63. The van der Waals surface area contributed by atoms with Crippen LogP contribution in [0.2, 0.25) is 0 Å². The predicted molar refractivity (Wildman–Crippen MR) is 132 cm³/mol. The number of benzene rings is 1. The van der Waals surface area contributed by atoms with Crippen LogP contribution in [-0.2, 0) is 6.42 Å². The van der Waals surface area contributed by atoms with Crippen molar-refractivity contribution in [2.45, 2.75) is 58.8 Å². The van der Waals surface area contributed by atoms with E-state index in [1.807, 2.05) is 19.9 Å². The normalized spacial score (nSPS) is 27.9. The summed E-state index contributed by atoms with van der Waals surface area (Å²) in [4.78, 5) is 16.8. The second-order valence-electron chi connectivity index (χ2n) is 11.5. The molecule has 2 aromatic rings. The molecule has 1 fully saturated rings. The van der Waals surface area contributed by atoms with E-state index in [2.05, 4.69) is 35.4 Å². The Balaban J connectivity index is 1.34. The minimum atomic E-state index is -0.332. The Labute approximate surface area is 201 Å². The Morgan fingerprint density at radius 3 is 2.85 bits per heavy atom. The van der Waals surface area contributed by atoms with Gasteiger partial charge in [0.1, 0.15) is 5.82 Å². The van der Waals surface area contributed by atoms with Gasteiger partial charge in [0.25, 0.3) is 5.91 Å². The van der Waals surface area contributed by atoms with Crippen LogP contribution >= 0.6 is 0 Å². The average molecular weight is 463 g/mol. The number of aromatic nitrogens is 1. The maximum atomic E-state index is 13.9. The van der Waals surface area contributed by atoms with Gasteiger partial charge in [-0.3, -0.25) is 9.78 Å². The van der Waals surface area contributed by atoms with Crippen LogP contribution in [0.25, 0.3) is 5.57 Å². The van der Waals surface area contributed by atoms with Crippen molar-refractivity contribution in [3.63, 3.8) is 0 Å². The van der Waals surface area contributed by atoms with Crippen LogP contribution in [-0.4, -0.2) is 29.1 Å². The average Bonchev–Trinajstić information content (AvgIpc) is 3.19. The van der Waals surface area contributed by atoms with Gasteiger partial charge in [0.15, 0.2) is 0 Å². The molecule has 0 saturated heterocycles.